The van der Waals surface area contributed by atoms with Gasteiger partial charge < -0.3 is 15.2 Å². The van der Waals surface area contributed by atoms with Crippen LogP contribution in [-0.2, 0) is 25.2 Å². The SMILES string of the molecule is COCN1C(=O)[C@@](CCO)([C@]2(CCN=[N+]=[N-])C(=O)Nc3ccccc32)c2ccccc21. The fourth-order valence-corrected chi connectivity index (χ4v) is 5.28. The number of hydrogen-bond donors (Lipinski definition) is 2. The van der Waals surface area contributed by atoms with Gasteiger partial charge >= 0.3 is 0 Å². The Morgan fingerprint density at radius 2 is 1.81 bits per heavy atom. The van der Waals surface area contributed by atoms with Crippen LogP contribution in [0.3, 0.4) is 0 Å². The maximum Gasteiger partial charge on any atom is 0.241 e. The summed E-state index contributed by atoms with van der Waals surface area (Å²) in [6.07, 6.45) is 0.141. The van der Waals surface area contributed by atoms with Crippen LogP contribution in [0.2, 0.25) is 0 Å². The largest absolute Gasteiger partial charge is 0.396 e. The van der Waals surface area contributed by atoms with Crippen molar-refractivity contribution < 1.29 is 19.4 Å². The van der Waals surface area contributed by atoms with Gasteiger partial charge in [0.25, 0.3) is 0 Å². The number of azide groups is 1. The third-order valence-corrected chi connectivity index (χ3v) is 6.41. The molecule has 31 heavy (non-hydrogen) atoms. The van der Waals surface area contributed by atoms with Crippen LogP contribution in [0, 0.1) is 0 Å². The number of anilines is 2. The number of benzene rings is 2. The van der Waals surface area contributed by atoms with E-state index in [1.54, 1.807) is 6.07 Å². The van der Waals surface area contributed by atoms with E-state index >= 15 is 0 Å². The van der Waals surface area contributed by atoms with Gasteiger partial charge in [0.05, 0.1) is 16.5 Å². The quantitative estimate of drug-likeness (QED) is 0.386. The minimum atomic E-state index is -1.39. The zero-order valence-corrected chi connectivity index (χ0v) is 17.1. The van der Waals surface area contributed by atoms with Crippen molar-refractivity contribution in [2.45, 2.75) is 23.7 Å². The maximum atomic E-state index is 14.1. The molecular weight excluding hydrogens is 398 g/mol. The van der Waals surface area contributed by atoms with Crippen LogP contribution >= 0.6 is 0 Å². The Kier molecular flexibility index (Phi) is 5.41. The number of aliphatic hydroxyl groups excluding tert-OH is 1. The van der Waals surface area contributed by atoms with Crippen LogP contribution in [-0.4, -0.2) is 43.9 Å². The van der Waals surface area contributed by atoms with E-state index in [1.807, 2.05) is 42.5 Å². The summed E-state index contributed by atoms with van der Waals surface area (Å²) in [6, 6.07) is 14.5. The zero-order valence-electron chi connectivity index (χ0n) is 17.1. The number of carbonyl (C=O) groups excluding carboxylic acids is 2. The number of amides is 2. The smallest absolute Gasteiger partial charge is 0.241 e. The number of nitrogens with zero attached hydrogens (tertiary/aromatic N) is 4. The lowest BCUT2D eigenvalue weighted by Gasteiger charge is -2.44. The Bertz CT molecular complexity index is 1080. The predicted octanol–water partition coefficient (Wildman–Crippen LogP) is 2.85. The summed E-state index contributed by atoms with van der Waals surface area (Å²) in [7, 11) is 1.50. The van der Waals surface area contributed by atoms with Crippen LogP contribution in [0.5, 0.6) is 0 Å². The molecule has 0 radical (unpaired) electrons. The summed E-state index contributed by atoms with van der Waals surface area (Å²) in [5.74, 6) is -0.671. The number of rotatable bonds is 8. The number of para-hydroxylation sites is 2. The molecule has 2 amide bonds. The van der Waals surface area contributed by atoms with E-state index in [2.05, 4.69) is 15.3 Å². The minimum absolute atomic E-state index is 0.0126. The van der Waals surface area contributed by atoms with Gasteiger partial charge in [-0.25, -0.2) is 0 Å². The normalized spacial score (nSPS) is 23.9. The molecule has 2 atom stereocenters. The fraction of sp³-hybridized carbons (Fsp3) is 0.364. The average molecular weight is 421 g/mol. The lowest BCUT2D eigenvalue weighted by Crippen LogP contribution is -2.59. The number of ether oxygens (including phenoxy) is 1. The number of nitrogens with one attached hydrogen (secondary N) is 1. The van der Waals surface area contributed by atoms with Crippen LogP contribution in [0.4, 0.5) is 11.4 Å². The van der Waals surface area contributed by atoms with E-state index in [-0.39, 0.29) is 44.5 Å². The molecule has 0 aromatic heterocycles. The highest BCUT2D eigenvalue weighted by atomic mass is 16.5. The molecule has 2 aromatic carbocycles. The molecule has 2 N–H and O–H groups in total. The number of carbonyl (C=O) groups is 2. The van der Waals surface area contributed by atoms with E-state index in [0.717, 1.165) is 0 Å². The van der Waals surface area contributed by atoms with Crippen LogP contribution in [0.25, 0.3) is 10.4 Å². The maximum absolute atomic E-state index is 14.1. The first-order valence-electron chi connectivity index (χ1n) is 10.0. The van der Waals surface area contributed by atoms with E-state index < -0.39 is 10.8 Å². The molecule has 160 valence electrons. The number of aliphatic hydroxyl groups is 1. The van der Waals surface area contributed by atoms with Crippen LogP contribution in [0.1, 0.15) is 24.0 Å². The lowest BCUT2D eigenvalue weighted by atomic mass is 9.54. The summed E-state index contributed by atoms with van der Waals surface area (Å²) >= 11 is 0. The fourth-order valence-electron chi connectivity index (χ4n) is 5.28. The highest BCUT2D eigenvalue weighted by Crippen LogP contribution is 2.59. The summed E-state index contributed by atoms with van der Waals surface area (Å²) in [4.78, 5) is 32.1. The topological polar surface area (TPSA) is 128 Å². The van der Waals surface area contributed by atoms with Crippen LogP contribution < -0.4 is 10.2 Å². The number of methoxy groups -OCH3 is 1. The monoisotopic (exact) mass is 421 g/mol. The van der Waals surface area contributed by atoms with Crippen molar-refractivity contribution in [2.24, 2.45) is 5.11 Å². The molecule has 0 bridgehead atoms. The van der Waals surface area contributed by atoms with Gasteiger partial charge in [-0.15, -0.1) is 0 Å². The molecule has 0 unspecified atom stereocenters. The van der Waals surface area contributed by atoms with Gasteiger partial charge in [-0.2, -0.15) is 0 Å². The Labute approximate surface area is 179 Å². The Hall–Kier alpha value is -3.39. The molecular formula is C22H23N5O4. The van der Waals surface area contributed by atoms with Crippen molar-refractivity contribution in [3.63, 3.8) is 0 Å². The first-order valence-corrected chi connectivity index (χ1v) is 10.0. The minimum Gasteiger partial charge on any atom is -0.396 e. The molecule has 0 spiro atoms. The molecule has 0 aliphatic carbocycles. The summed E-state index contributed by atoms with van der Waals surface area (Å²) in [5.41, 5.74) is 8.67. The van der Waals surface area contributed by atoms with Gasteiger partial charge in [-0.05, 0) is 41.6 Å². The Morgan fingerprint density at radius 1 is 1.10 bits per heavy atom. The second kappa shape index (κ2) is 8.03. The summed E-state index contributed by atoms with van der Waals surface area (Å²) in [6.45, 7) is -0.274. The van der Waals surface area contributed by atoms with E-state index in [9.17, 15) is 14.7 Å². The van der Waals surface area contributed by atoms with Crippen molar-refractivity contribution in [1.29, 1.82) is 0 Å². The van der Waals surface area contributed by atoms with Crippen LogP contribution in [0.15, 0.2) is 53.6 Å². The van der Waals surface area contributed by atoms with E-state index in [1.165, 1.54) is 12.0 Å². The molecule has 2 aliphatic rings. The molecule has 9 heteroatoms. The molecule has 0 saturated carbocycles. The summed E-state index contributed by atoms with van der Waals surface area (Å²) < 4.78 is 5.29. The molecule has 0 fully saturated rings. The molecule has 0 saturated heterocycles. The van der Waals surface area contributed by atoms with Gasteiger partial charge in [0.2, 0.25) is 11.8 Å². The number of fused-ring (bicyclic) bond motifs is 2. The van der Waals surface area contributed by atoms with E-state index in [4.69, 9.17) is 10.3 Å². The third kappa shape index (κ3) is 2.75. The second-order valence-corrected chi connectivity index (χ2v) is 7.66. The molecule has 4 rings (SSSR count). The van der Waals surface area contributed by atoms with Gasteiger partial charge in [0.1, 0.15) is 6.73 Å². The average Bonchev–Trinajstić information content (AvgIpc) is 3.20. The van der Waals surface area contributed by atoms with Gasteiger partial charge in [-0.1, -0.05) is 41.5 Å². The standard InChI is InChI=1S/C22H23N5O4/c1-31-14-27-18-9-5-3-7-16(18)22(11-13-28,20(27)30)21(10-12-24-26-23)15-6-2-4-8-17(15)25-19(21)29/h2-9,28H,10-14H2,1H3,(H,25,29)/t21-,22-/m0/s1. The van der Waals surface area contributed by atoms with Crippen molar-refractivity contribution in [1.82, 2.24) is 0 Å². The zero-order chi connectivity index (χ0) is 22.1. The molecule has 2 aliphatic heterocycles. The molecule has 9 nitrogen and oxygen atoms in total. The highest BCUT2D eigenvalue weighted by Gasteiger charge is 2.68. The van der Waals surface area contributed by atoms with E-state index in [0.29, 0.717) is 22.5 Å². The van der Waals surface area contributed by atoms with Crippen molar-refractivity contribution in [3.8, 4) is 0 Å². The predicted molar refractivity (Wildman–Crippen MR) is 115 cm³/mol. The highest BCUT2D eigenvalue weighted by molar-refractivity contribution is 6.18. The Balaban J connectivity index is 2.06. The lowest BCUT2D eigenvalue weighted by molar-refractivity contribution is -0.135. The van der Waals surface area contributed by atoms with Crippen molar-refractivity contribution in [3.05, 3.63) is 70.1 Å². The Morgan fingerprint density at radius 3 is 2.52 bits per heavy atom. The first kappa shape index (κ1) is 20.9. The van der Waals surface area contributed by atoms with Gasteiger partial charge in [0, 0.05) is 30.9 Å². The van der Waals surface area contributed by atoms with Crippen molar-refractivity contribution >= 4 is 23.2 Å². The van der Waals surface area contributed by atoms with Gasteiger partial charge in [0.15, 0.2) is 0 Å². The second-order valence-electron chi connectivity index (χ2n) is 7.66. The van der Waals surface area contributed by atoms with Crippen molar-refractivity contribution in [2.75, 3.05) is 37.2 Å². The first-order chi connectivity index (χ1) is 15.1. The third-order valence-electron chi connectivity index (χ3n) is 6.41. The number of hydrogen-bond acceptors (Lipinski definition) is 5. The summed E-state index contributed by atoms with van der Waals surface area (Å²) in [5, 5.41) is 16.7. The molecule has 2 aromatic rings. The van der Waals surface area contributed by atoms with Gasteiger partial charge in [-0.3, -0.25) is 14.5 Å². The molecule has 2 heterocycles.